The summed E-state index contributed by atoms with van der Waals surface area (Å²) >= 11 is 6.05. The standard InChI is InChI=1S/C23H24ClN3O/c1-16-6-5-11-27(15-16)22-13-20(19-9-2-3-10-21(19)26-22)23(28)25-14-17-7-4-8-18(24)12-17/h2-4,7-10,12-13,16H,5-6,11,14-15H2,1H3,(H,25,28)/t16-/m1/s1. The molecule has 1 atom stereocenters. The summed E-state index contributed by atoms with van der Waals surface area (Å²) in [6.07, 6.45) is 2.41. The van der Waals surface area contributed by atoms with Gasteiger partial charge in [0.05, 0.1) is 11.1 Å². The Morgan fingerprint density at radius 2 is 2.07 bits per heavy atom. The summed E-state index contributed by atoms with van der Waals surface area (Å²) in [7, 11) is 0. The van der Waals surface area contributed by atoms with Gasteiger partial charge in [-0.05, 0) is 48.6 Å². The second-order valence-corrected chi connectivity index (χ2v) is 7.99. The highest BCUT2D eigenvalue weighted by Gasteiger charge is 2.20. The van der Waals surface area contributed by atoms with Crippen molar-refractivity contribution in [1.29, 1.82) is 0 Å². The molecule has 2 heterocycles. The number of nitrogens with one attached hydrogen (secondary N) is 1. The summed E-state index contributed by atoms with van der Waals surface area (Å²) in [5.74, 6) is 1.44. The van der Waals surface area contributed by atoms with E-state index in [2.05, 4.69) is 17.1 Å². The molecular weight excluding hydrogens is 370 g/mol. The zero-order chi connectivity index (χ0) is 19.5. The van der Waals surface area contributed by atoms with Crippen LogP contribution in [0.1, 0.15) is 35.7 Å². The average Bonchev–Trinajstić information content (AvgIpc) is 2.71. The molecule has 1 aliphatic heterocycles. The van der Waals surface area contributed by atoms with Crippen molar-refractivity contribution in [2.75, 3.05) is 18.0 Å². The van der Waals surface area contributed by atoms with Crippen molar-refractivity contribution < 1.29 is 4.79 Å². The van der Waals surface area contributed by atoms with Crippen LogP contribution in [0.25, 0.3) is 10.9 Å². The van der Waals surface area contributed by atoms with E-state index < -0.39 is 0 Å². The lowest BCUT2D eigenvalue weighted by Crippen LogP contribution is -2.35. The highest BCUT2D eigenvalue weighted by Crippen LogP contribution is 2.26. The Hall–Kier alpha value is -2.59. The topological polar surface area (TPSA) is 45.2 Å². The van der Waals surface area contributed by atoms with E-state index in [1.807, 2.05) is 54.6 Å². The quantitative estimate of drug-likeness (QED) is 0.674. The van der Waals surface area contributed by atoms with Gasteiger partial charge < -0.3 is 10.2 Å². The van der Waals surface area contributed by atoms with E-state index in [1.165, 1.54) is 6.42 Å². The van der Waals surface area contributed by atoms with Gasteiger partial charge in [0.25, 0.3) is 5.91 Å². The number of benzene rings is 2. The first kappa shape index (κ1) is 18.8. The fraction of sp³-hybridized carbons (Fsp3) is 0.304. The number of rotatable bonds is 4. The number of halogens is 1. The molecule has 144 valence electrons. The van der Waals surface area contributed by atoms with E-state index >= 15 is 0 Å². The molecule has 0 bridgehead atoms. The molecule has 3 aromatic rings. The van der Waals surface area contributed by atoms with E-state index in [-0.39, 0.29) is 5.91 Å². The molecular formula is C23H24ClN3O. The number of pyridine rings is 1. The minimum absolute atomic E-state index is 0.0927. The number of fused-ring (bicyclic) bond motifs is 1. The average molecular weight is 394 g/mol. The Morgan fingerprint density at radius 1 is 1.21 bits per heavy atom. The number of anilines is 1. The maximum atomic E-state index is 13.0. The second kappa shape index (κ2) is 8.19. The number of hydrogen-bond donors (Lipinski definition) is 1. The number of carbonyl (C=O) groups is 1. The van der Waals surface area contributed by atoms with Crippen LogP contribution >= 0.6 is 11.6 Å². The number of hydrogen-bond acceptors (Lipinski definition) is 3. The van der Waals surface area contributed by atoms with E-state index in [1.54, 1.807) is 0 Å². The molecule has 0 spiro atoms. The Kier molecular flexibility index (Phi) is 5.49. The van der Waals surface area contributed by atoms with Gasteiger partial charge in [-0.25, -0.2) is 4.98 Å². The number of piperidine rings is 1. The largest absolute Gasteiger partial charge is 0.356 e. The first-order chi connectivity index (χ1) is 13.6. The first-order valence-electron chi connectivity index (χ1n) is 9.77. The lowest BCUT2D eigenvalue weighted by molar-refractivity contribution is 0.0952. The van der Waals surface area contributed by atoms with Crippen molar-refractivity contribution in [2.45, 2.75) is 26.3 Å². The third kappa shape index (κ3) is 4.12. The van der Waals surface area contributed by atoms with Crippen LogP contribution in [0.15, 0.2) is 54.6 Å². The van der Waals surface area contributed by atoms with Crippen LogP contribution in [0.4, 0.5) is 5.82 Å². The van der Waals surface area contributed by atoms with Crippen LogP contribution < -0.4 is 10.2 Å². The molecule has 1 fully saturated rings. The van der Waals surface area contributed by atoms with E-state index in [0.717, 1.165) is 41.8 Å². The molecule has 5 heteroatoms. The van der Waals surface area contributed by atoms with E-state index in [9.17, 15) is 4.79 Å². The number of carbonyl (C=O) groups excluding carboxylic acids is 1. The van der Waals surface area contributed by atoms with Crippen LogP contribution in [0.5, 0.6) is 0 Å². The summed E-state index contributed by atoms with van der Waals surface area (Å²) < 4.78 is 0. The Labute approximate surface area is 170 Å². The van der Waals surface area contributed by atoms with Gasteiger partial charge in [0, 0.05) is 30.0 Å². The third-order valence-corrected chi connectivity index (χ3v) is 5.51. The minimum Gasteiger partial charge on any atom is -0.356 e. The molecule has 1 aromatic heterocycles. The Bertz CT molecular complexity index is 1000. The van der Waals surface area contributed by atoms with Crippen LogP contribution in [-0.4, -0.2) is 24.0 Å². The van der Waals surface area contributed by atoms with E-state index in [0.29, 0.717) is 23.0 Å². The zero-order valence-electron chi connectivity index (χ0n) is 16.0. The van der Waals surface area contributed by atoms with E-state index in [4.69, 9.17) is 16.6 Å². The van der Waals surface area contributed by atoms with Crippen LogP contribution in [0.2, 0.25) is 5.02 Å². The predicted octanol–water partition coefficient (Wildman–Crippen LogP) is 5.05. The molecule has 28 heavy (non-hydrogen) atoms. The molecule has 0 radical (unpaired) electrons. The fourth-order valence-electron chi connectivity index (χ4n) is 3.83. The number of para-hydroxylation sites is 1. The summed E-state index contributed by atoms with van der Waals surface area (Å²) in [5.41, 5.74) is 2.50. The van der Waals surface area contributed by atoms with Crippen molar-refractivity contribution in [3.8, 4) is 0 Å². The molecule has 2 aromatic carbocycles. The predicted molar refractivity (Wildman–Crippen MR) is 115 cm³/mol. The van der Waals surface area contributed by atoms with Crippen LogP contribution in [-0.2, 0) is 6.54 Å². The lowest BCUT2D eigenvalue weighted by atomic mass is 10.00. The molecule has 0 unspecified atom stereocenters. The first-order valence-corrected chi connectivity index (χ1v) is 10.2. The van der Waals surface area contributed by atoms with Crippen molar-refractivity contribution in [1.82, 2.24) is 10.3 Å². The van der Waals surface area contributed by atoms with Gasteiger partial charge in [-0.3, -0.25) is 4.79 Å². The van der Waals surface area contributed by atoms with Gasteiger partial charge in [-0.2, -0.15) is 0 Å². The number of aromatic nitrogens is 1. The monoisotopic (exact) mass is 393 g/mol. The highest BCUT2D eigenvalue weighted by atomic mass is 35.5. The summed E-state index contributed by atoms with van der Waals surface area (Å²) in [6.45, 7) is 4.67. The zero-order valence-corrected chi connectivity index (χ0v) is 16.7. The van der Waals surface area contributed by atoms with Crippen molar-refractivity contribution in [3.63, 3.8) is 0 Å². The molecule has 0 aliphatic carbocycles. The number of amides is 1. The van der Waals surface area contributed by atoms with Crippen LogP contribution in [0.3, 0.4) is 0 Å². The minimum atomic E-state index is -0.0927. The molecule has 1 aliphatic rings. The normalized spacial score (nSPS) is 16.9. The van der Waals surface area contributed by atoms with Gasteiger partial charge in [0.1, 0.15) is 5.82 Å². The van der Waals surface area contributed by atoms with Crippen LogP contribution in [0, 0.1) is 5.92 Å². The molecule has 0 saturated carbocycles. The molecule has 1 saturated heterocycles. The molecule has 1 amide bonds. The van der Waals surface area contributed by atoms with Crippen molar-refractivity contribution in [2.24, 2.45) is 5.92 Å². The van der Waals surface area contributed by atoms with Gasteiger partial charge in [-0.15, -0.1) is 0 Å². The summed E-state index contributed by atoms with van der Waals surface area (Å²) in [4.78, 5) is 20.2. The summed E-state index contributed by atoms with van der Waals surface area (Å²) in [6, 6.07) is 17.3. The van der Waals surface area contributed by atoms with Gasteiger partial charge in [-0.1, -0.05) is 48.9 Å². The Balaban J connectivity index is 1.63. The SMILES string of the molecule is C[C@@H]1CCCN(c2cc(C(=O)NCc3cccc(Cl)c3)c3ccccc3n2)C1. The number of nitrogens with zero attached hydrogens (tertiary/aromatic N) is 2. The Morgan fingerprint density at radius 3 is 2.89 bits per heavy atom. The maximum absolute atomic E-state index is 13.0. The molecule has 1 N–H and O–H groups in total. The van der Waals surface area contributed by atoms with Crippen molar-refractivity contribution in [3.05, 3.63) is 70.7 Å². The van der Waals surface area contributed by atoms with Crippen molar-refractivity contribution >= 4 is 34.2 Å². The smallest absolute Gasteiger partial charge is 0.252 e. The summed E-state index contributed by atoms with van der Waals surface area (Å²) in [5, 5.41) is 4.57. The molecule has 4 rings (SSSR count). The third-order valence-electron chi connectivity index (χ3n) is 5.27. The molecule has 4 nitrogen and oxygen atoms in total. The van der Waals surface area contributed by atoms with Gasteiger partial charge in [0.2, 0.25) is 0 Å². The fourth-order valence-corrected chi connectivity index (χ4v) is 4.05. The lowest BCUT2D eigenvalue weighted by Gasteiger charge is -2.32. The van der Waals surface area contributed by atoms with Gasteiger partial charge >= 0.3 is 0 Å². The second-order valence-electron chi connectivity index (χ2n) is 7.55. The maximum Gasteiger partial charge on any atom is 0.252 e. The highest BCUT2D eigenvalue weighted by molar-refractivity contribution is 6.30. The van der Waals surface area contributed by atoms with Gasteiger partial charge in [0.15, 0.2) is 0 Å².